The number of nitrogens with one attached hydrogen (secondary N) is 1. The summed E-state index contributed by atoms with van der Waals surface area (Å²) >= 11 is 0.923. The fourth-order valence-electron chi connectivity index (χ4n) is 1.12. The number of Topliss-reactive ketones (excluding diaryl/α,β-unsaturated/α-hetero) is 1. The fourth-order valence-corrected chi connectivity index (χ4v) is 1.77. The van der Waals surface area contributed by atoms with Gasteiger partial charge in [0, 0.05) is 6.42 Å². The van der Waals surface area contributed by atoms with E-state index in [1.807, 2.05) is 7.05 Å². The van der Waals surface area contributed by atoms with Gasteiger partial charge in [0.25, 0.3) is 0 Å². The second-order valence-electron chi connectivity index (χ2n) is 2.99. The van der Waals surface area contributed by atoms with Crippen LogP contribution in [0.2, 0.25) is 0 Å². The average molecular weight is 216 g/mol. The van der Waals surface area contributed by atoms with Crippen molar-refractivity contribution in [3.05, 3.63) is 15.8 Å². The van der Waals surface area contributed by atoms with E-state index in [0.29, 0.717) is 17.8 Å². The molecule has 0 radical (unpaired) electrons. The Morgan fingerprint density at radius 2 is 2.36 bits per heavy atom. The van der Waals surface area contributed by atoms with Crippen LogP contribution in [0.4, 0.5) is 4.39 Å². The van der Waals surface area contributed by atoms with Crippen molar-refractivity contribution in [2.45, 2.75) is 19.8 Å². The number of nitrogens with zero attached hydrogens (tertiary/aromatic N) is 1. The maximum absolute atomic E-state index is 13.1. The molecule has 0 saturated carbocycles. The third kappa shape index (κ3) is 2.85. The molecule has 1 aromatic heterocycles. The molecule has 3 nitrogen and oxygen atoms in total. The number of hydrogen-bond acceptors (Lipinski definition) is 4. The van der Waals surface area contributed by atoms with Crippen LogP contribution in [0.5, 0.6) is 0 Å². The Hall–Kier alpha value is -0.810. The highest BCUT2D eigenvalue weighted by Gasteiger charge is 2.15. The van der Waals surface area contributed by atoms with Crippen molar-refractivity contribution in [1.29, 1.82) is 0 Å². The van der Waals surface area contributed by atoms with Gasteiger partial charge in [0.15, 0.2) is 11.5 Å². The molecule has 0 saturated heterocycles. The Balaban J connectivity index is 2.56. The molecule has 0 atom stereocenters. The molecule has 5 heteroatoms. The van der Waals surface area contributed by atoms with Gasteiger partial charge < -0.3 is 5.32 Å². The van der Waals surface area contributed by atoms with Crippen LogP contribution in [0.3, 0.4) is 0 Å². The van der Waals surface area contributed by atoms with E-state index in [0.717, 1.165) is 17.9 Å². The Morgan fingerprint density at radius 3 is 2.86 bits per heavy atom. The number of thiazole rings is 1. The summed E-state index contributed by atoms with van der Waals surface area (Å²) in [5, 5.41) is 3.07. The minimum absolute atomic E-state index is 0.00334. The lowest BCUT2D eigenvalue weighted by atomic mass is 10.2. The van der Waals surface area contributed by atoms with Gasteiger partial charge in [-0.2, -0.15) is 4.39 Å². The molecule has 0 spiro atoms. The average Bonchev–Trinajstić information content (AvgIpc) is 2.45. The highest BCUT2D eigenvalue weighted by molar-refractivity contribution is 7.10. The summed E-state index contributed by atoms with van der Waals surface area (Å²) in [7, 11) is 1.82. The van der Waals surface area contributed by atoms with Crippen LogP contribution in [-0.4, -0.2) is 24.4 Å². The van der Waals surface area contributed by atoms with Crippen molar-refractivity contribution < 1.29 is 9.18 Å². The summed E-state index contributed by atoms with van der Waals surface area (Å²) in [5.41, 5.74) is 0.00334. The normalized spacial score (nSPS) is 10.5. The molecular formula is C9H13FN2OS. The highest BCUT2D eigenvalue weighted by Crippen LogP contribution is 2.17. The number of aryl methyl sites for hydroxylation is 1. The topological polar surface area (TPSA) is 42.0 Å². The predicted octanol–water partition coefficient (Wildman–Crippen LogP) is 1.77. The lowest BCUT2D eigenvalue weighted by Crippen LogP contribution is -2.10. The Labute approximate surface area is 86.4 Å². The van der Waals surface area contributed by atoms with E-state index in [2.05, 4.69) is 10.3 Å². The van der Waals surface area contributed by atoms with Gasteiger partial charge in [-0.3, -0.25) is 4.79 Å². The second kappa shape index (κ2) is 5.17. The van der Waals surface area contributed by atoms with Crippen molar-refractivity contribution in [2.24, 2.45) is 0 Å². The van der Waals surface area contributed by atoms with Crippen LogP contribution in [-0.2, 0) is 0 Å². The van der Waals surface area contributed by atoms with E-state index < -0.39 is 5.13 Å². The zero-order chi connectivity index (χ0) is 10.6. The summed E-state index contributed by atoms with van der Waals surface area (Å²) in [6.45, 7) is 2.45. The van der Waals surface area contributed by atoms with Crippen LogP contribution < -0.4 is 5.32 Å². The number of rotatable bonds is 5. The van der Waals surface area contributed by atoms with Crippen LogP contribution in [0, 0.1) is 12.1 Å². The van der Waals surface area contributed by atoms with Crippen LogP contribution >= 0.6 is 11.3 Å². The standard InChI is InChI=1S/C9H13FN2OS/c1-6-12-8(9(10)14-6)7(13)4-3-5-11-2/h11H,3-5H2,1-2H3. The first-order valence-electron chi connectivity index (χ1n) is 4.46. The first-order valence-corrected chi connectivity index (χ1v) is 5.27. The number of ketones is 1. The van der Waals surface area contributed by atoms with Gasteiger partial charge in [0.2, 0.25) is 5.13 Å². The third-order valence-electron chi connectivity index (χ3n) is 1.79. The van der Waals surface area contributed by atoms with E-state index in [1.54, 1.807) is 6.92 Å². The summed E-state index contributed by atoms with van der Waals surface area (Å²) in [6, 6.07) is 0. The molecule has 1 heterocycles. The predicted molar refractivity (Wildman–Crippen MR) is 54.3 cm³/mol. The molecule has 0 bridgehead atoms. The summed E-state index contributed by atoms with van der Waals surface area (Å²) < 4.78 is 13.1. The molecule has 0 amide bonds. The van der Waals surface area contributed by atoms with E-state index in [-0.39, 0.29) is 11.5 Å². The quantitative estimate of drug-likeness (QED) is 0.602. The van der Waals surface area contributed by atoms with Crippen molar-refractivity contribution >= 4 is 17.1 Å². The molecule has 0 aliphatic rings. The first kappa shape index (κ1) is 11.3. The highest BCUT2D eigenvalue weighted by atomic mass is 32.1. The number of carbonyl (C=O) groups excluding carboxylic acids is 1. The Kier molecular flexibility index (Phi) is 4.16. The Morgan fingerprint density at radius 1 is 1.64 bits per heavy atom. The molecule has 0 aliphatic carbocycles. The zero-order valence-corrected chi connectivity index (χ0v) is 9.08. The molecule has 0 unspecified atom stereocenters. The lowest BCUT2D eigenvalue weighted by molar-refractivity contribution is 0.0972. The number of hydrogen-bond donors (Lipinski definition) is 1. The molecule has 0 fully saturated rings. The molecule has 1 aromatic rings. The van der Waals surface area contributed by atoms with E-state index >= 15 is 0 Å². The van der Waals surface area contributed by atoms with E-state index in [9.17, 15) is 9.18 Å². The van der Waals surface area contributed by atoms with Gasteiger partial charge in [-0.15, -0.1) is 0 Å². The SMILES string of the molecule is CNCCCC(=O)c1nc(C)sc1F. The summed E-state index contributed by atoms with van der Waals surface area (Å²) in [4.78, 5) is 15.3. The van der Waals surface area contributed by atoms with Crippen LogP contribution in [0.15, 0.2) is 0 Å². The van der Waals surface area contributed by atoms with Gasteiger partial charge in [-0.05, 0) is 26.9 Å². The molecule has 0 aliphatic heterocycles. The van der Waals surface area contributed by atoms with Crippen molar-refractivity contribution in [2.75, 3.05) is 13.6 Å². The molecule has 1 rings (SSSR count). The largest absolute Gasteiger partial charge is 0.320 e. The van der Waals surface area contributed by atoms with Gasteiger partial charge in [-0.1, -0.05) is 11.3 Å². The molecule has 0 aromatic carbocycles. The summed E-state index contributed by atoms with van der Waals surface area (Å²) in [6.07, 6.45) is 1.06. The molecule has 14 heavy (non-hydrogen) atoms. The maximum atomic E-state index is 13.1. The molecular weight excluding hydrogens is 203 g/mol. The minimum atomic E-state index is -0.461. The van der Waals surface area contributed by atoms with Gasteiger partial charge in [-0.25, -0.2) is 4.98 Å². The molecule has 78 valence electrons. The monoisotopic (exact) mass is 216 g/mol. The van der Waals surface area contributed by atoms with Gasteiger partial charge in [0.05, 0.1) is 5.01 Å². The van der Waals surface area contributed by atoms with Gasteiger partial charge in [0.1, 0.15) is 0 Å². The van der Waals surface area contributed by atoms with Gasteiger partial charge >= 0.3 is 0 Å². The van der Waals surface area contributed by atoms with Crippen molar-refractivity contribution in [3.8, 4) is 0 Å². The van der Waals surface area contributed by atoms with Crippen molar-refractivity contribution in [3.63, 3.8) is 0 Å². The zero-order valence-electron chi connectivity index (χ0n) is 8.26. The fraction of sp³-hybridized carbons (Fsp3) is 0.556. The lowest BCUT2D eigenvalue weighted by Gasteiger charge is -1.97. The first-order chi connectivity index (χ1) is 6.65. The smallest absolute Gasteiger partial charge is 0.207 e. The number of carbonyl (C=O) groups is 1. The summed E-state index contributed by atoms with van der Waals surface area (Å²) in [5.74, 6) is -0.206. The van der Waals surface area contributed by atoms with Crippen LogP contribution in [0.1, 0.15) is 28.3 Å². The van der Waals surface area contributed by atoms with E-state index in [1.165, 1.54) is 0 Å². The second-order valence-corrected chi connectivity index (χ2v) is 4.14. The maximum Gasteiger partial charge on any atom is 0.207 e. The minimum Gasteiger partial charge on any atom is -0.320 e. The number of halogens is 1. The van der Waals surface area contributed by atoms with Crippen LogP contribution in [0.25, 0.3) is 0 Å². The van der Waals surface area contributed by atoms with Crippen molar-refractivity contribution in [1.82, 2.24) is 10.3 Å². The Bertz CT molecular complexity index is 325. The third-order valence-corrected chi connectivity index (χ3v) is 2.55. The number of aromatic nitrogens is 1. The van der Waals surface area contributed by atoms with E-state index in [4.69, 9.17) is 0 Å². The molecule has 1 N–H and O–H groups in total.